The number of hydrogen-bond acceptors (Lipinski definition) is 5. The molecule has 1 rings (SSSR count). The van der Waals surface area contributed by atoms with Crippen LogP contribution >= 0.6 is 11.8 Å². The number of esters is 1. The van der Waals surface area contributed by atoms with Gasteiger partial charge in [0, 0.05) is 5.56 Å². The Morgan fingerprint density at radius 3 is 2.50 bits per heavy atom. The fraction of sp³-hybridized carbons (Fsp3) is 0.467. The molecule has 0 fully saturated rings. The van der Waals surface area contributed by atoms with Gasteiger partial charge in [0.1, 0.15) is 11.4 Å². The molecule has 0 saturated heterocycles. The summed E-state index contributed by atoms with van der Waals surface area (Å²) in [6, 6.07) is 6.98. The van der Waals surface area contributed by atoms with E-state index in [9.17, 15) is 9.59 Å². The smallest absolute Gasteiger partial charge is 0.316 e. The molecule has 1 aromatic carbocycles. The maximum atomic E-state index is 12.0. The second-order valence-electron chi connectivity index (χ2n) is 5.23. The van der Waals surface area contributed by atoms with Crippen LogP contribution in [0.3, 0.4) is 0 Å². The average molecular weight is 296 g/mol. The van der Waals surface area contributed by atoms with Crippen LogP contribution in [0.2, 0.25) is 0 Å². The molecule has 20 heavy (non-hydrogen) atoms. The van der Waals surface area contributed by atoms with Crippen LogP contribution in [0.4, 0.5) is 0 Å². The summed E-state index contributed by atoms with van der Waals surface area (Å²) in [6.07, 6.45) is 0. The quantitative estimate of drug-likeness (QED) is 0.597. The van der Waals surface area contributed by atoms with Gasteiger partial charge in [-0.15, -0.1) is 11.8 Å². The summed E-state index contributed by atoms with van der Waals surface area (Å²) in [5.74, 6) is 0.728. The Hall–Kier alpha value is -1.49. The highest BCUT2D eigenvalue weighted by Gasteiger charge is 2.16. The maximum Gasteiger partial charge on any atom is 0.316 e. The first kappa shape index (κ1) is 16.6. The van der Waals surface area contributed by atoms with E-state index in [2.05, 4.69) is 0 Å². The van der Waals surface area contributed by atoms with Crippen LogP contribution in [0.5, 0.6) is 5.75 Å². The van der Waals surface area contributed by atoms with Crippen molar-refractivity contribution in [2.45, 2.75) is 26.4 Å². The number of thioether (sulfide) groups is 1. The van der Waals surface area contributed by atoms with E-state index in [1.807, 2.05) is 20.8 Å². The van der Waals surface area contributed by atoms with Crippen LogP contribution in [0.25, 0.3) is 0 Å². The number of rotatable bonds is 6. The molecule has 0 aliphatic rings. The van der Waals surface area contributed by atoms with Gasteiger partial charge >= 0.3 is 5.97 Å². The van der Waals surface area contributed by atoms with E-state index in [-0.39, 0.29) is 23.3 Å². The van der Waals surface area contributed by atoms with E-state index in [4.69, 9.17) is 9.47 Å². The molecular weight excluding hydrogens is 276 g/mol. The van der Waals surface area contributed by atoms with Crippen molar-refractivity contribution in [1.82, 2.24) is 0 Å². The lowest BCUT2D eigenvalue weighted by Crippen LogP contribution is -2.25. The van der Waals surface area contributed by atoms with Crippen molar-refractivity contribution in [3.63, 3.8) is 0 Å². The lowest BCUT2D eigenvalue weighted by Gasteiger charge is -2.19. The van der Waals surface area contributed by atoms with Crippen molar-refractivity contribution in [1.29, 1.82) is 0 Å². The van der Waals surface area contributed by atoms with Crippen LogP contribution in [-0.4, -0.2) is 36.0 Å². The number of carbonyl (C=O) groups is 2. The molecule has 0 amide bonds. The van der Waals surface area contributed by atoms with Crippen LogP contribution in [0, 0.1) is 0 Å². The fourth-order valence-electron chi connectivity index (χ4n) is 1.48. The largest absolute Gasteiger partial charge is 0.497 e. The Morgan fingerprint density at radius 2 is 1.90 bits per heavy atom. The number of Topliss-reactive ketones (excluding diaryl/α,β-unsaturated/α-hetero) is 1. The third-order valence-electron chi connectivity index (χ3n) is 2.26. The summed E-state index contributed by atoms with van der Waals surface area (Å²) < 4.78 is 10.2. The Kier molecular flexibility index (Phi) is 6.07. The van der Waals surface area contributed by atoms with Crippen molar-refractivity contribution >= 4 is 23.5 Å². The standard InChI is InChI=1S/C15H20O4S/c1-15(2,3)19-14(17)10-20-9-13(16)11-6-5-7-12(8-11)18-4/h5-8H,9-10H2,1-4H3. The van der Waals surface area contributed by atoms with Gasteiger partial charge in [0.25, 0.3) is 0 Å². The second-order valence-corrected chi connectivity index (χ2v) is 6.22. The number of ether oxygens (including phenoxy) is 2. The molecule has 1 aromatic rings. The topological polar surface area (TPSA) is 52.6 Å². The molecule has 0 radical (unpaired) electrons. The van der Waals surface area contributed by atoms with Crippen LogP contribution in [-0.2, 0) is 9.53 Å². The molecule has 0 bridgehead atoms. The number of benzene rings is 1. The van der Waals surface area contributed by atoms with Crippen molar-refractivity contribution in [2.24, 2.45) is 0 Å². The Morgan fingerprint density at radius 1 is 1.20 bits per heavy atom. The first-order valence-corrected chi connectivity index (χ1v) is 7.44. The monoisotopic (exact) mass is 296 g/mol. The second kappa shape index (κ2) is 7.33. The van der Waals surface area contributed by atoms with E-state index < -0.39 is 5.60 Å². The van der Waals surface area contributed by atoms with Crippen LogP contribution < -0.4 is 4.74 Å². The molecule has 0 unspecified atom stereocenters. The zero-order chi connectivity index (χ0) is 15.2. The van der Waals surface area contributed by atoms with Gasteiger partial charge in [-0.3, -0.25) is 9.59 Å². The molecule has 0 spiro atoms. The minimum absolute atomic E-state index is 0.0301. The summed E-state index contributed by atoms with van der Waals surface area (Å²) in [5.41, 5.74) is 0.0927. The molecule has 0 atom stereocenters. The van der Waals surface area contributed by atoms with E-state index in [0.717, 1.165) is 0 Å². The van der Waals surface area contributed by atoms with Crippen molar-refractivity contribution in [3.05, 3.63) is 29.8 Å². The van der Waals surface area contributed by atoms with Gasteiger partial charge in [0.05, 0.1) is 18.6 Å². The zero-order valence-corrected chi connectivity index (χ0v) is 13.1. The van der Waals surface area contributed by atoms with Crippen LogP contribution in [0.15, 0.2) is 24.3 Å². The predicted octanol–water partition coefficient (Wildman–Crippen LogP) is 2.95. The van der Waals surface area contributed by atoms with Crippen molar-refractivity contribution in [2.75, 3.05) is 18.6 Å². The minimum Gasteiger partial charge on any atom is -0.497 e. The molecular formula is C15H20O4S. The van der Waals surface area contributed by atoms with Gasteiger partial charge in [-0.25, -0.2) is 0 Å². The first-order chi connectivity index (χ1) is 9.31. The third-order valence-corrected chi connectivity index (χ3v) is 3.17. The van der Waals surface area contributed by atoms with Crippen molar-refractivity contribution in [3.8, 4) is 5.75 Å². The number of carbonyl (C=O) groups excluding carboxylic acids is 2. The summed E-state index contributed by atoms with van der Waals surface area (Å²) in [7, 11) is 1.56. The Bertz CT molecular complexity index is 477. The average Bonchev–Trinajstić information content (AvgIpc) is 2.36. The fourth-order valence-corrected chi connectivity index (χ4v) is 2.16. The Balaban J connectivity index is 2.42. The van der Waals surface area contributed by atoms with E-state index in [0.29, 0.717) is 11.3 Å². The molecule has 0 heterocycles. The number of ketones is 1. The lowest BCUT2D eigenvalue weighted by atomic mass is 10.1. The van der Waals surface area contributed by atoms with Gasteiger partial charge in [0.2, 0.25) is 0 Å². The van der Waals surface area contributed by atoms with Crippen molar-refractivity contribution < 1.29 is 19.1 Å². The highest BCUT2D eigenvalue weighted by atomic mass is 32.2. The molecule has 0 aromatic heterocycles. The van der Waals surface area contributed by atoms with E-state index in [1.165, 1.54) is 11.8 Å². The molecule has 5 heteroatoms. The Labute approximate surface area is 123 Å². The zero-order valence-electron chi connectivity index (χ0n) is 12.3. The lowest BCUT2D eigenvalue weighted by molar-refractivity contribution is -0.151. The van der Waals surface area contributed by atoms with Crippen LogP contribution in [0.1, 0.15) is 31.1 Å². The maximum absolute atomic E-state index is 12.0. The van der Waals surface area contributed by atoms with Gasteiger partial charge in [-0.2, -0.15) is 0 Å². The molecule has 0 aliphatic heterocycles. The van der Waals surface area contributed by atoms with E-state index in [1.54, 1.807) is 31.4 Å². The van der Waals surface area contributed by atoms with Gasteiger partial charge in [0.15, 0.2) is 5.78 Å². The molecule has 110 valence electrons. The molecule has 0 aliphatic carbocycles. The van der Waals surface area contributed by atoms with Gasteiger partial charge in [-0.1, -0.05) is 12.1 Å². The molecule has 0 saturated carbocycles. The molecule has 4 nitrogen and oxygen atoms in total. The minimum atomic E-state index is -0.492. The summed E-state index contributed by atoms with van der Waals surface area (Å²) in [6.45, 7) is 5.45. The molecule has 0 N–H and O–H groups in total. The summed E-state index contributed by atoms with van der Waals surface area (Å²) in [4.78, 5) is 23.5. The summed E-state index contributed by atoms with van der Waals surface area (Å²) >= 11 is 1.25. The summed E-state index contributed by atoms with van der Waals surface area (Å²) in [5, 5.41) is 0. The van der Waals surface area contributed by atoms with Gasteiger partial charge in [-0.05, 0) is 32.9 Å². The third kappa shape index (κ3) is 6.10. The predicted molar refractivity (Wildman–Crippen MR) is 80.5 cm³/mol. The highest BCUT2D eigenvalue weighted by molar-refractivity contribution is 8.00. The first-order valence-electron chi connectivity index (χ1n) is 6.28. The van der Waals surface area contributed by atoms with Gasteiger partial charge < -0.3 is 9.47 Å². The normalized spacial score (nSPS) is 11.0. The number of hydrogen-bond donors (Lipinski definition) is 0. The SMILES string of the molecule is COc1cccc(C(=O)CSCC(=O)OC(C)(C)C)c1. The number of methoxy groups -OCH3 is 1. The van der Waals surface area contributed by atoms with E-state index >= 15 is 0 Å². The highest BCUT2D eigenvalue weighted by Crippen LogP contribution is 2.15.